The van der Waals surface area contributed by atoms with Crippen molar-refractivity contribution in [2.24, 2.45) is 0 Å². The van der Waals surface area contributed by atoms with E-state index in [4.69, 9.17) is 15.0 Å². The molecule has 0 saturated heterocycles. The SMILES string of the molecule is C=C.C=CC(=O)OC.O=C(O)O. The maximum atomic E-state index is 9.84. The van der Waals surface area contributed by atoms with E-state index in [2.05, 4.69) is 24.5 Å². The highest BCUT2D eigenvalue weighted by atomic mass is 16.6. The van der Waals surface area contributed by atoms with E-state index >= 15 is 0 Å². The Morgan fingerprint density at radius 3 is 1.58 bits per heavy atom. The summed E-state index contributed by atoms with van der Waals surface area (Å²) in [6, 6.07) is 0. The molecular weight excluding hydrogens is 164 g/mol. The molecule has 0 radical (unpaired) electrons. The van der Waals surface area contributed by atoms with E-state index in [-0.39, 0.29) is 0 Å². The lowest BCUT2D eigenvalue weighted by atomic mass is 10.7. The molecule has 12 heavy (non-hydrogen) atoms. The first kappa shape index (κ1) is 16.7. The van der Waals surface area contributed by atoms with Crippen molar-refractivity contribution in [2.45, 2.75) is 0 Å². The Kier molecular flexibility index (Phi) is 22.4. The van der Waals surface area contributed by atoms with Gasteiger partial charge in [0.2, 0.25) is 0 Å². The van der Waals surface area contributed by atoms with Crippen LogP contribution in [-0.4, -0.2) is 29.4 Å². The van der Waals surface area contributed by atoms with Gasteiger partial charge in [-0.2, -0.15) is 0 Å². The van der Waals surface area contributed by atoms with E-state index < -0.39 is 12.1 Å². The van der Waals surface area contributed by atoms with Crippen molar-refractivity contribution < 1.29 is 24.5 Å². The number of hydrogen-bond acceptors (Lipinski definition) is 3. The average molecular weight is 176 g/mol. The molecule has 0 amide bonds. The largest absolute Gasteiger partial charge is 0.503 e. The summed E-state index contributed by atoms with van der Waals surface area (Å²) in [4.78, 5) is 18.4. The van der Waals surface area contributed by atoms with E-state index in [0.717, 1.165) is 6.08 Å². The molecule has 0 spiro atoms. The highest BCUT2D eigenvalue weighted by Gasteiger charge is 1.81. The lowest BCUT2D eigenvalue weighted by Crippen LogP contribution is -1.91. The molecule has 0 heterocycles. The Bertz CT molecular complexity index is 137. The maximum absolute atomic E-state index is 9.84. The van der Waals surface area contributed by atoms with Crippen molar-refractivity contribution in [2.75, 3.05) is 7.11 Å². The van der Waals surface area contributed by atoms with E-state index in [9.17, 15) is 4.79 Å². The van der Waals surface area contributed by atoms with Crippen molar-refractivity contribution in [3.63, 3.8) is 0 Å². The molecule has 0 unspecified atom stereocenters. The van der Waals surface area contributed by atoms with Crippen LogP contribution >= 0.6 is 0 Å². The van der Waals surface area contributed by atoms with Gasteiger partial charge in [0.15, 0.2) is 0 Å². The minimum atomic E-state index is -1.83. The third-order valence-corrected chi connectivity index (χ3v) is 0.368. The molecule has 0 aromatic heterocycles. The molecule has 0 fully saturated rings. The lowest BCUT2D eigenvalue weighted by molar-refractivity contribution is -0.134. The third-order valence-electron chi connectivity index (χ3n) is 0.368. The Labute approximate surface area is 70.6 Å². The fourth-order valence-corrected chi connectivity index (χ4v) is 0.0833. The van der Waals surface area contributed by atoms with Gasteiger partial charge in [0.25, 0.3) is 0 Å². The Morgan fingerprint density at radius 2 is 1.58 bits per heavy atom. The van der Waals surface area contributed by atoms with Crippen LogP contribution in [0.2, 0.25) is 0 Å². The first-order valence-corrected chi connectivity index (χ1v) is 2.66. The van der Waals surface area contributed by atoms with Crippen molar-refractivity contribution >= 4 is 12.1 Å². The number of carbonyl (C=O) groups excluding carboxylic acids is 1. The zero-order chi connectivity index (χ0) is 10.6. The van der Waals surface area contributed by atoms with Gasteiger partial charge in [0, 0.05) is 6.08 Å². The highest BCUT2D eigenvalue weighted by molar-refractivity contribution is 5.80. The zero-order valence-corrected chi connectivity index (χ0v) is 6.82. The van der Waals surface area contributed by atoms with E-state index in [0.29, 0.717) is 0 Å². The molecule has 0 aliphatic carbocycles. The first-order valence-electron chi connectivity index (χ1n) is 2.66. The minimum absolute atomic E-state index is 0.394. The second-order valence-electron chi connectivity index (χ2n) is 1.01. The van der Waals surface area contributed by atoms with Gasteiger partial charge in [0.05, 0.1) is 7.11 Å². The third kappa shape index (κ3) is 86.9. The quantitative estimate of drug-likeness (QED) is 0.358. The van der Waals surface area contributed by atoms with E-state index in [1.54, 1.807) is 0 Å². The number of hydrogen-bond donors (Lipinski definition) is 2. The van der Waals surface area contributed by atoms with Gasteiger partial charge < -0.3 is 14.9 Å². The Balaban J connectivity index is -0.000000118. The predicted molar refractivity (Wildman–Crippen MR) is 44.1 cm³/mol. The lowest BCUT2D eigenvalue weighted by Gasteiger charge is -1.83. The zero-order valence-electron chi connectivity index (χ0n) is 6.82. The van der Waals surface area contributed by atoms with Crippen LogP contribution in [0.15, 0.2) is 25.8 Å². The Hall–Kier alpha value is -1.78. The van der Waals surface area contributed by atoms with Crippen LogP contribution in [0.3, 0.4) is 0 Å². The fraction of sp³-hybridized carbons (Fsp3) is 0.143. The van der Waals surface area contributed by atoms with E-state index in [1.165, 1.54) is 7.11 Å². The van der Waals surface area contributed by atoms with Crippen LogP contribution in [0.1, 0.15) is 0 Å². The van der Waals surface area contributed by atoms with Crippen molar-refractivity contribution in [1.82, 2.24) is 0 Å². The first-order chi connectivity index (χ1) is 5.54. The van der Waals surface area contributed by atoms with Gasteiger partial charge >= 0.3 is 12.1 Å². The van der Waals surface area contributed by atoms with Crippen LogP contribution in [0.4, 0.5) is 4.79 Å². The van der Waals surface area contributed by atoms with Crippen LogP contribution in [-0.2, 0) is 9.53 Å². The molecule has 0 aliphatic heterocycles. The number of esters is 1. The number of methoxy groups -OCH3 is 1. The molecule has 70 valence electrons. The summed E-state index contributed by atoms with van der Waals surface area (Å²) in [7, 11) is 1.31. The average Bonchev–Trinajstić information content (AvgIpc) is 2.06. The molecule has 0 aliphatic rings. The maximum Gasteiger partial charge on any atom is 0.503 e. The van der Waals surface area contributed by atoms with Crippen LogP contribution in [0.25, 0.3) is 0 Å². The number of ether oxygens (including phenoxy) is 1. The minimum Gasteiger partial charge on any atom is -0.466 e. The van der Waals surface area contributed by atoms with Crippen molar-refractivity contribution in [3.8, 4) is 0 Å². The van der Waals surface area contributed by atoms with Gasteiger partial charge in [0.1, 0.15) is 0 Å². The molecule has 2 N–H and O–H groups in total. The normalized spacial score (nSPS) is 5.75. The summed E-state index contributed by atoms with van der Waals surface area (Å²) >= 11 is 0. The summed E-state index contributed by atoms with van der Waals surface area (Å²) in [5.41, 5.74) is 0. The summed E-state index contributed by atoms with van der Waals surface area (Å²) in [5, 5.41) is 13.9. The van der Waals surface area contributed by atoms with Gasteiger partial charge in [-0.25, -0.2) is 9.59 Å². The second-order valence-corrected chi connectivity index (χ2v) is 1.01. The molecule has 0 aromatic rings. The van der Waals surface area contributed by atoms with Crippen LogP contribution < -0.4 is 0 Å². The number of carbonyl (C=O) groups is 2. The van der Waals surface area contributed by atoms with Gasteiger partial charge in [-0.3, -0.25) is 0 Å². The van der Waals surface area contributed by atoms with E-state index in [1.807, 2.05) is 0 Å². The smallest absolute Gasteiger partial charge is 0.466 e. The molecule has 5 nitrogen and oxygen atoms in total. The second kappa shape index (κ2) is 16.1. The molecule has 0 rings (SSSR count). The number of carboxylic acid groups (broad SMARTS) is 2. The summed E-state index contributed by atoms with van der Waals surface area (Å²) < 4.78 is 4.14. The summed E-state index contributed by atoms with van der Waals surface area (Å²) in [6.07, 6.45) is -0.722. The topological polar surface area (TPSA) is 83.8 Å². The Morgan fingerprint density at radius 1 is 1.33 bits per heavy atom. The molecular formula is C7H12O5. The van der Waals surface area contributed by atoms with Gasteiger partial charge in [-0.15, -0.1) is 13.2 Å². The summed E-state index contributed by atoms with van der Waals surface area (Å²) in [5.74, 6) is -0.394. The molecule has 0 aromatic carbocycles. The molecule has 0 bridgehead atoms. The number of rotatable bonds is 1. The van der Waals surface area contributed by atoms with Gasteiger partial charge in [-0.05, 0) is 0 Å². The fourth-order valence-electron chi connectivity index (χ4n) is 0.0833. The highest BCUT2D eigenvalue weighted by Crippen LogP contribution is 1.67. The van der Waals surface area contributed by atoms with Crippen LogP contribution in [0, 0.1) is 0 Å². The summed E-state index contributed by atoms with van der Waals surface area (Å²) in [6.45, 7) is 9.16. The van der Waals surface area contributed by atoms with Crippen molar-refractivity contribution in [1.29, 1.82) is 0 Å². The molecule has 0 atom stereocenters. The molecule has 0 saturated carbocycles. The monoisotopic (exact) mass is 176 g/mol. The van der Waals surface area contributed by atoms with Gasteiger partial charge in [-0.1, -0.05) is 6.58 Å². The van der Waals surface area contributed by atoms with Crippen LogP contribution in [0.5, 0.6) is 0 Å². The standard InChI is InChI=1S/C4H6O2.C2H4.CH2O3/c1-3-4(5)6-2;1-2;2-1(3)4/h3H,1H2,2H3;1-2H2;(H2,2,3,4). The molecule has 5 heteroatoms. The predicted octanol–water partition coefficient (Wildman–Crippen LogP) is 1.37. The van der Waals surface area contributed by atoms with Crippen molar-refractivity contribution in [3.05, 3.63) is 25.8 Å².